The molecule has 2 saturated heterocycles. The molecule has 190 valence electrons. The predicted molar refractivity (Wildman–Crippen MR) is 138 cm³/mol. The number of hydrogen-bond acceptors (Lipinski definition) is 8. The van der Waals surface area contributed by atoms with Crippen molar-refractivity contribution in [2.45, 2.75) is 38.3 Å². The molecule has 10 heteroatoms. The van der Waals surface area contributed by atoms with E-state index in [1.165, 1.54) is 0 Å². The van der Waals surface area contributed by atoms with E-state index in [1.54, 1.807) is 24.5 Å². The van der Waals surface area contributed by atoms with E-state index in [1.807, 2.05) is 35.2 Å². The topological polar surface area (TPSA) is 110 Å². The van der Waals surface area contributed by atoms with Crippen molar-refractivity contribution in [2.24, 2.45) is 11.1 Å². The maximum Gasteiger partial charge on any atom is 0.260 e. The summed E-state index contributed by atoms with van der Waals surface area (Å²) < 4.78 is 7.62. The van der Waals surface area contributed by atoms with Crippen LogP contribution in [0.5, 0.6) is 0 Å². The average molecular weight is 500 g/mol. The second-order valence-electron chi connectivity index (χ2n) is 9.80. The Bertz CT molecular complexity index is 1380. The molecule has 0 atom stereocenters. The zero-order valence-corrected chi connectivity index (χ0v) is 20.6. The number of pyridine rings is 2. The smallest absolute Gasteiger partial charge is 0.260 e. The molecule has 6 rings (SSSR count). The summed E-state index contributed by atoms with van der Waals surface area (Å²) in [4.78, 5) is 42.3. The molecule has 0 bridgehead atoms. The molecule has 10 nitrogen and oxygen atoms in total. The van der Waals surface area contributed by atoms with Crippen LogP contribution in [0, 0.1) is 10.8 Å². The van der Waals surface area contributed by atoms with Gasteiger partial charge in [-0.25, -0.2) is 9.97 Å². The zero-order chi connectivity index (χ0) is 25.2. The number of carbonyl (C=O) groups is 1. The molecule has 0 unspecified atom stereocenters. The lowest BCUT2D eigenvalue weighted by Gasteiger charge is -2.37. The van der Waals surface area contributed by atoms with Gasteiger partial charge in [0.1, 0.15) is 17.0 Å². The lowest BCUT2D eigenvalue weighted by molar-refractivity contribution is -0.138. The normalized spacial score (nSPS) is 17.9. The number of likely N-dealkylation sites (tertiary alicyclic amines) is 2. The second kappa shape index (κ2) is 10.2. The first-order valence-electron chi connectivity index (χ1n) is 12.9. The third-order valence-corrected chi connectivity index (χ3v) is 7.54. The Morgan fingerprint density at radius 3 is 2.49 bits per heavy atom. The molecule has 2 fully saturated rings. The Labute approximate surface area is 214 Å². The average Bonchev–Trinajstić information content (AvgIpc) is 3.58. The van der Waals surface area contributed by atoms with Gasteiger partial charge >= 0.3 is 0 Å². The van der Waals surface area contributed by atoms with Gasteiger partial charge in [0.25, 0.3) is 5.88 Å². The molecule has 0 radical (unpaired) electrons. The van der Waals surface area contributed by atoms with E-state index in [0.717, 1.165) is 80.3 Å². The summed E-state index contributed by atoms with van der Waals surface area (Å²) >= 11 is 0. The standard InChI is InChI=1S/C27H29N7O3/c35-27(19-8-14-32(15-9-19)18-21-6-7-24(31-36)37-21)33-16-10-20(11-17-33)34-25-23(5-3-13-29-25)30-26(34)22-4-1-2-12-28-22/h1-7,12-13,19-20H,8-11,14-18H2. The minimum Gasteiger partial charge on any atom is -0.440 e. The van der Waals surface area contributed by atoms with Crippen LogP contribution in [0.2, 0.25) is 0 Å². The number of carbonyl (C=O) groups excluding carboxylic acids is 1. The van der Waals surface area contributed by atoms with Gasteiger partial charge in [-0.05, 0) is 69.1 Å². The number of piperidine rings is 2. The van der Waals surface area contributed by atoms with E-state index >= 15 is 0 Å². The molecule has 0 aromatic carbocycles. The Hall–Kier alpha value is -3.92. The quantitative estimate of drug-likeness (QED) is 0.358. The highest BCUT2D eigenvalue weighted by atomic mass is 16.4. The summed E-state index contributed by atoms with van der Waals surface area (Å²) in [6.07, 6.45) is 6.97. The fourth-order valence-corrected chi connectivity index (χ4v) is 5.61. The number of aromatic nitrogens is 4. The lowest BCUT2D eigenvalue weighted by Crippen LogP contribution is -2.45. The maximum atomic E-state index is 13.4. The highest BCUT2D eigenvalue weighted by Gasteiger charge is 2.33. The summed E-state index contributed by atoms with van der Waals surface area (Å²) in [6.45, 7) is 3.75. The first kappa shape index (κ1) is 23.5. The number of fused-ring (bicyclic) bond motifs is 1. The van der Waals surface area contributed by atoms with Crippen molar-refractivity contribution >= 4 is 23.0 Å². The fraction of sp³-hybridized carbons (Fsp3) is 0.407. The SMILES string of the molecule is O=Nc1ccc(CN2CCC(C(=O)N3CCC(n4c(-c5ccccn5)nc5cccnc54)CC3)CC2)o1. The summed E-state index contributed by atoms with van der Waals surface area (Å²) in [6, 6.07) is 13.3. The van der Waals surface area contributed by atoms with Gasteiger partial charge in [0.05, 0.1) is 6.54 Å². The van der Waals surface area contributed by atoms with Crippen LogP contribution in [0.4, 0.5) is 5.88 Å². The predicted octanol–water partition coefficient (Wildman–Crippen LogP) is 4.56. The molecule has 1 amide bonds. The molecular formula is C27H29N7O3. The molecular weight excluding hydrogens is 470 g/mol. The van der Waals surface area contributed by atoms with Crippen LogP contribution in [0.3, 0.4) is 0 Å². The van der Waals surface area contributed by atoms with Crippen molar-refractivity contribution in [2.75, 3.05) is 26.2 Å². The number of hydrogen-bond donors (Lipinski definition) is 0. The van der Waals surface area contributed by atoms with Crippen LogP contribution in [0.1, 0.15) is 37.5 Å². The number of nitroso groups, excluding NO2 is 1. The van der Waals surface area contributed by atoms with Crippen LogP contribution >= 0.6 is 0 Å². The van der Waals surface area contributed by atoms with E-state index in [4.69, 9.17) is 9.40 Å². The minimum absolute atomic E-state index is 0.0522. The number of amides is 1. The van der Waals surface area contributed by atoms with Gasteiger partial charge < -0.3 is 13.9 Å². The summed E-state index contributed by atoms with van der Waals surface area (Å²) in [5.74, 6) is 1.99. The largest absolute Gasteiger partial charge is 0.440 e. The van der Waals surface area contributed by atoms with Gasteiger partial charge in [0, 0.05) is 48.7 Å². The van der Waals surface area contributed by atoms with Crippen LogP contribution in [-0.4, -0.2) is 61.4 Å². The van der Waals surface area contributed by atoms with Crippen molar-refractivity contribution in [1.29, 1.82) is 0 Å². The molecule has 4 aromatic rings. The summed E-state index contributed by atoms with van der Waals surface area (Å²) in [7, 11) is 0. The van der Waals surface area contributed by atoms with Crippen molar-refractivity contribution in [3.63, 3.8) is 0 Å². The molecule has 0 saturated carbocycles. The second-order valence-corrected chi connectivity index (χ2v) is 9.80. The molecule has 0 N–H and O–H groups in total. The first-order chi connectivity index (χ1) is 18.2. The van der Waals surface area contributed by atoms with Gasteiger partial charge in [-0.15, -0.1) is 4.91 Å². The van der Waals surface area contributed by atoms with Crippen LogP contribution in [-0.2, 0) is 11.3 Å². The van der Waals surface area contributed by atoms with E-state index < -0.39 is 0 Å². The monoisotopic (exact) mass is 499 g/mol. The van der Waals surface area contributed by atoms with E-state index in [9.17, 15) is 9.70 Å². The number of nitrogens with zero attached hydrogens (tertiary/aromatic N) is 7. The first-order valence-corrected chi connectivity index (χ1v) is 12.9. The molecule has 2 aliphatic heterocycles. The highest BCUT2D eigenvalue weighted by molar-refractivity contribution is 5.79. The van der Waals surface area contributed by atoms with Crippen molar-refractivity contribution in [3.05, 3.63) is 65.5 Å². The maximum absolute atomic E-state index is 13.4. The molecule has 0 aliphatic carbocycles. The molecule has 37 heavy (non-hydrogen) atoms. The Balaban J connectivity index is 1.09. The molecule has 6 heterocycles. The molecule has 4 aromatic heterocycles. The minimum atomic E-state index is 0.0522. The van der Waals surface area contributed by atoms with Gasteiger partial charge in [-0.2, -0.15) is 0 Å². The van der Waals surface area contributed by atoms with Gasteiger partial charge in [0.2, 0.25) is 5.91 Å². The summed E-state index contributed by atoms with van der Waals surface area (Å²) in [5, 5.41) is 2.83. The Morgan fingerprint density at radius 2 is 1.76 bits per heavy atom. The lowest BCUT2D eigenvalue weighted by atomic mass is 9.93. The van der Waals surface area contributed by atoms with Crippen molar-refractivity contribution in [3.8, 4) is 11.5 Å². The van der Waals surface area contributed by atoms with Crippen LogP contribution in [0.15, 0.2) is 64.5 Å². The zero-order valence-electron chi connectivity index (χ0n) is 20.6. The van der Waals surface area contributed by atoms with E-state index in [-0.39, 0.29) is 23.8 Å². The molecule has 0 spiro atoms. The number of rotatable bonds is 6. The van der Waals surface area contributed by atoms with E-state index in [0.29, 0.717) is 6.54 Å². The van der Waals surface area contributed by atoms with Crippen LogP contribution in [0.25, 0.3) is 22.7 Å². The van der Waals surface area contributed by atoms with Gasteiger partial charge in [0.15, 0.2) is 11.5 Å². The highest BCUT2D eigenvalue weighted by Crippen LogP contribution is 2.33. The fourth-order valence-electron chi connectivity index (χ4n) is 5.61. The third kappa shape index (κ3) is 4.76. The Morgan fingerprint density at radius 1 is 0.946 bits per heavy atom. The van der Waals surface area contributed by atoms with Gasteiger partial charge in [-0.1, -0.05) is 6.07 Å². The van der Waals surface area contributed by atoms with Crippen molar-refractivity contribution < 1.29 is 9.21 Å². The van der Waals surface area contributed by atoms with Crippen LogP contribution < -0.4 is 0 Å². The summed E-state index contributed by atoms with van der Waals surface area (Å²) in [5.41, 5.74) is 2.56. The Kier molecular flexibility index (Phi) is 6.48. The van der Waals surface area contributed by atoms with Crippen molar-refractivity contribution in [1.82, 2.24) is 29.3 Å². The molecule has 2 aliphatic rings. The van der Waals surface area contributed by atoms with Gasteiger partial charge in [-0.3, -0.25) is 14.7 Å². The number of imidazole rings is 1. The third-order valence-electron chi connectivity index (χ3n) is 7.54. The number of furan rings is 1. The van der Waals surface area contributed by atoms with E-state index in [2.05, 4.69) is 24.6 Å².